The molecule has 2 aromatic rings. The zero-order valence-electron chi connectivity index (χ0n) is 11.4. The quantitative estimate of drug-likeness (QED) is 0.869. The summed E-state index contributed by atoms with van der Waals surface area (Å²) in [4.78, 5) is 0. The molecule has 2 atom stereocenters. The van der Waals surface area contributed by atoms with Gasteiger partial charge in [-0.15, -0.1) is 0 Å². The first kappa shape index (κ1) is 16.0. The zero-order valence-corrected chi connectivity index (χ0v) is 12.2. The van der Waals surface area contributed by atoms with E-state index in [1.54, 1.807) is 11.3 Å². The van der Waals surface area contributed by atoms with Gasteiger partial charge in [0, 0.05) is 12.6 Å². The molecule has 0 aliphatic rings. The maximum Gasteiger partial charge on any atom is 0.416 e. The van der Waals surface area contributed by atoms with Gasteiger partial charge < -0.3 is 10.4 Å². The minimum absolute atomic E-state index is 0.0837. The molecule has 0 saturated carbocycles. The predicted octanol–water partition coefficient (Wildman–Crippen LogP) is 4.15. The third-order valence-electron chi connectivity index (χ3n) is 3.28. The van der Waals surface area contributed by atoms with E-state index in [-0.39, 0.29) is 12.6 Å². The molecule has 0 spiro atoms. The van der Waals surface area contributed by atoms with Crippen LogP contribution in [-0.4, -0.2) is 11.7 Å². The van der Waals surface area contributed by atoms with Crippen LogP contribution in [0.3, 0.4) is 0 Å². The molecular weight excluding hydrogens is 299 g/mol. The van der Waals surface area contributed by atoms with Gasteiger partial charge in [-0.1, -0.05) is 12.1 Å². The van der Waals surface area contributed by atoms with Crippen molar-refractivity contribution < 1.29 is 18.3 Å². The van der Waals surface area contributed by atoms with Gasteiger partial charge in [0.05, 0.1) is 11.7 Å². The number of aliphatic hydroxyl groups is 1. The maximum absolute atomic E-state index is 12.5. The summed E-state index contributed by atoms with van der Waals surface area (Å²) in [5.41, 5.74) is 0.880. The van der Waals surface area contributed by atoms with Crippen LogP contribution in [0.5, 0.6) is 0 Å². The first-order chi connectivity index (χ1) is 9.88. The van der Waals surface area contributed by atoms with Gasteiger partial charge in [-0.05, 0) is 47.0 Å². The highest BCUT2D eigenvalue weighted by Gasteiger charge is 2.30. The molecule has 2 nitrogen and oxygen atoms in total. The summed E-state index contributed by atoms with van der Waals surface area (Å²) < 4.78 is 37.4. The molecule has 0 aliphatic carbocycles. The van der Waals surface area contributed by atoms with E-state index in [1.807, 2.05) is 23.8 Å². The van der Waals surface area contributed by atoms with Crippen molar-refractivity contribution in [3.05, 3.63) is 57.8 Å². The fourth-order valence-corrected chi connectivity index (χ4v) is 2.69. The number of thiophene rings is 1. The second kappa shape index (κ2) is 6.60. The molecule has 114 valence electrons. The SMILES string of the molecule is CC(NCC(O)c1ccc(C(F)(F)F)cc1)c1ccsc1. The first-order valence-corrected chi connectivity index (χ1v) is 7.43. The number of halogens is 3. The summed E-state index contributed by atoms with van der Waals surface area (Å²) in [6.45, 7) is 2.25. The maximum atomic E-state index is 12.5. The number of alkyl halides is 3. The summed E-state index contributed by atoms with van der Waals surface area (Å²) in [5, 5.41) is 17.2. The zero-order chi connectivity index (χ0) is 15.5. The topological polar surface area (TPSA) is 32.3 Å². The molecule has 1 aromatic carbocycles. The van der Waals surface area contributed by atoms with E-state index in [9.17, 15) is 18.3 Å². The van der Waals surface area contributed by atoms with Crippen molar-refractivity contribution in [3.63, 3.8) is 0 Å². The van der Waals surface area contributed by atoms with Gasteiger partial charge >= 0.3 is 6.18 Å². The third-order valence-corrected chi connectivity index (χ3v) is 3.98. The van der Waals surface area contributed by atoms with Gasteiger partial charge in [0.2, 0.25) is 0 Å². The first-order valence-electron chi connectivity index (χ1n) is 6.48. The van der Waals surface area contributed by atoms with Crippen LogP contribution < -0.4 is 5.32 Å². The summed E-state index contributed by atoms with van der Waals surface area (Å²) in [7, 11) is 0. The average molecular weight is 315 g/mol. The van der Waals surface area contributed by atoms with E-state index in [4.69, 9.17) is 0 Å². The molecule has 0 radical (unpaired) electrons. The van der Waals surface area contributed by atoms with E-state index >= 15 is 0 Å². The predicted molar refractivity (Wildman–Crippen MR) is 77.1 cm³/mol. The highest BCUT2D eigenvalue weighted by molar-refractivity contribution is 7.07. The van der Waals surface area contributed by atoms with Crippen molar-refractivity contribution in [2.24, 2.45) is 0 Å². The Balaban J connectivity index is 1.93. The summed E-state index contributed by atoms with van der Waals surface area (Å²) in [5.74, 6) is 0. The summed E-state index contributed by atoms with van der Waals surface area (Å²) >= 11 is 1.59. The molecule has 0 saturated heterocycles. The second-order valence-corrected chi connectivity index (χ2v) is 5.60. The number of hydrogen-bond donors (Lipinski definition) is 2. The third kappa shape index (κ3) is 4.30. The summed E-state index contributed by atoms with van der Waals surface area (Å²) in [6.07, 6.45) is -5.19. The number of rotatable bonds is 5. The monoisotopic (exact) mass is 315 g/mol. The van der Waals surface area contributed by atoms with Crippen LogP contribution in [0.25, 0.3) is 0 Å². The van der Waals surface area contributed by atoms with E-state index < -0.39 is 17.8 Å². The lowest BCUT2D eigenvalue weighted by molar-refractivity contribution is -0.137. The largest absolute Gasteiger partial charge is 0.416 e. The molecule has 1 heterocycles. The molecule has 21 heavy (non-hydrogen) atoms. The van der Waals surface area contributed by atoms with Crippen molar-refractivity contribution >= 4 is 11.3 Å². The smallest absolute Gasteiger partial charge is 0.387 e. The van der Waals surface area contributed by atoms with Gasteiger partial charge in [-0.2, -0.15) is 24.5 Å². The molecule has 2 unspecified atom stereocenters. The minimum atomic E-state index is -4.35. The van der Waals surface area contributed by atoms with Gasteiger partial charge in [0.1, 0.15) is 0 Å². The standard InChI is InChI=1S/C15H16F3NOS/c1-10(12-6-7-21-9-12)19-8-14(20)11-2-4-13(5-3-11)15(16,17)18/h2-7,9-10,14,19-20H,8H2,1H3. The number of aliphatic hydroxyl groups excluding tert-OH is 1. The molecule has 2 rings (SSSR count). The fourth-order valence-electron chi connectivity index (χ4n) is 1.94. The van der Waals surface area contributed by atoms with E-state index in [1.165, 1.54) is 12.1 Å². The van der Waals surface area contributed by atoms with Crippen molar-refractivity contribution in [1.82, 2.24) is 5.32 Å². The van der Waals surface area contributed by atoms with Crippen LogP contribution in [0, 0.1) is 0 Å². The van der Waals surface area contributed by atoms with E-state index in [2.05, 4.69) is 5.32 Å². The number of benzene rings is 1. The lowest BCUT2D eigenvalue weighted by Gasteiger charge is -2.17. The Kier molecular flexibility index (Phi) is 5.03. The van der Waals surface area contributed by atoms with Gasteiger partial charge in [0.15, 0.2) is 0 Å². The fraction of sp³-hybridized carbons (Fsp3) is 0.333. The van der Waals surface area contributed by atoms with Crippen LogP contribution in [0.1, 0.15) is 35.8 Å². The van der Waals surface area contributed by atoms with E-state index in [0.717, 1.165) is 17.7 Å². The van der Waals surface area contributed by atoms with Gasteiger partial charge in [-0.3, -0.25) is 0 Å². The van der Waals surface area contributed by atoms with Crippen LogP contribution in [-0.2, 0) is 6.18 Å². The van der Waals surface area contributed by atoms with E-state index in [0.29, 0.717) is 5.56 Å². The molecule has 0 amide bonds. The molecular formula is C15H16F3NOS. The molecule has 0 bridgehead atoms. The molecule has 0 aliphatic heterocycles. The summed E-state index contributed by atoms with van der Waals surface area (Å²) in [6, 6.07) is 6.67. The molecule has 1 aromatic heterocycles. The van der Waals surface area contributed by atoms with Crippen molar-refractivity contribution in [2.75, 3.05) is 6.54 Å². The Morgan fingerprint density at radius 3 is 2.33 bits per heavy atom. The highest BCUT2D eigenvalue weighted by atomic mass is 32.1. The van der Waals surface area contributed by atoms with Crippen molar-refractivity contribution in [3.8, 4) is 0 Å². The lowest BCUT2D eigenvalue weighted by Crippen LogP contribution is -2.24. The molecule has 6 heteroatoms. The van der Waals surface area contributed by atoms with Crippen molar-refractivity contribution in [1.29, 1.82) is 0 Å². The van der Waals surface area contributed by atoms with Crippen molar-refractivity contribution in [2.45, 2.75) is 25.2 Å². The number of nitrogens with one attached hydrogen (secondary N) is 1. The Bertz CT molecular complexity index is 551. The van der Waals surface area contributed by atoms with Crippen LogP contribution >= 0.6 is 11.3 Å². The molecule has 0 fully saturated rings. The Labute approximate surface area is 125 Å². The minimum Gasteiger partial charge on any atom is -0.387 e. The molecule has 2 N–H and O–H groups in total. The Hall–Kier alpha value is -1.37. The number of hydrogen-bond acceptors (Lipinski definition) is 3. The lowest BCUT2D eigenvalue weighted by atomic mass is 10.1. The Morgan fingerprint density at radius 2 is 1.81 bits per heavy atom. The highest BCUT2D eigenvalue weighted by Crippen LogP contribution is 2.30. The normalized spacial score (nSPS) is 14.9. The van der Waals surface area contributed by atoms with Crippen LogP contribution in [0.15, 0.2) is 41.1 Å². The van der Waals surface area contributed by atoms with Crippen LogP contribution in [0.2, 0.25) is 0 Å². The Morgan fingerprint density at radius 1 is 1.14 bits per heavy atom. The second-order valence-electron chi connectivity index (χ2n) is 4.82. The van der Waals surface area contributed by atoms with Gasteiger partial charge in [0.25, 0.3) is 0 Å². The average Bonchev–Trinajstić information content (AvgIpc) is 2.98. The van der Waals surface area contributed by atoms with Gasteiger partial charge in [-0.25, -0.2) is 0 Å². The van der Waals surface area contributed by atoms with Crippen LogP contribution in [0.4, 0.5) is 13.2 Å².